The highest BCUT2D eigenvalue weighted by atomic mass is 16.2. The molecule has 0 saturated carbocycles. The van der Waals surface area contributed by atoms with Crippen LogP contribution < -0.4 is 22.3 Å². The lowest BCUT2D eigenvalue weighted by Gasteiger charge is -2.15. The maximum Gasteiger partial charge on any atom is 0.326 e. The third-order valence-electron chi connectivity index (χ3n) is 5.23. The Balaban J connectivity index is 1.47. The van der Waals surface area contributed by atoms with E-state index in [1.807, 2.05) is 58.3 Å². The van der Waals surface area contributed by atoms with E-state index in [1.54, 1.807) is 19.3 Å². The maximum atomic E-state index is 12.6. The minimum Gasteiger partial charge on any atom is -0.392 e. The van der Waals surface area contributed by atoms with Crippen LogP contribution in [0.1, 0.15) is 34.7 Å². The molecular weight excluding hydrogens is 422 g/mol. The van der Waals surface area contributed by atoms with Crippen molar-refractivity contribution in [1.29, 1.82) is 0 Å². The van der Waals surface area contributed by atoms with Gasteiger partial charge in [-0.3, -0.25) is 24.2 Å². The van der Waals surface area contributed by atoms with E-state index in [9.17, 15) is 14.4 Å². The molecule has 10 nitrogen and oxygen atoms in total. The summed E-state index contributed by atoms with van der Waals surface area (Å²) in [6, 6.07) is 13.1. The number of nitrogens with zero attached hydrogens (tertiary/aromatic N) is 3. The summed E-state index contributed by atoms with van der Waals surface area (Å²) in [4.78, 5) is 44.3. The summed E-state index contributed by atoms with van der Waals surface area (Å²) in [5.41, 5.74) is 7.17. The summed E-state index contributed by atoms with van der Waals surface area (Å²) in [5, 5.41) is 7.20. The zero-order valence-electron chi connectivity index (χ0n) is 17.9. The third kappa shape index (κ3) is 5.06. The number of carbonyl (C=O) groups is 1. The molecule has 0 aliphatic carbocycles. The first kappa shape index (κ1) is 21.8. The molecule has 4 aromatic rings. The van der Waals surface area contributed by atoms with Gasteiger partial charge in [0.25, 0.3) is 11.5 Å². The average Bonchev–Trinajstić information content (AvgIpc) is 3.30. The van der Waals surface area contributed by atoms with E-state index in [-0.39, 0.29) is 11.4 Å². The van der Waals surface area contributed by atoms with Crippen molar-refractivity contribution in [1.82, 2.24) is 30.0 Å². The van der Waals surface area contributed by atoms with Crippen LogP contribution in [-0.4, -0.2) is 30.6 Å². The first-order valence-corrected chi connectivity index (χ1v) is 10.4. The lowest BCUT2D eigenvalue weighted by molar-refractivity contribution is 0.0935. The molecule has 33 heavy (non-hydrogen) atoms. The van der Waals surface area contributed by atoms with E-state index in [1.165, 1.54) is 0 Å². The zero-order chi connectivity index (χ0) is 23.4. The summed E-state index contributed by atoms with van der Waals surface area (Å²) in [6.45, 7) is 2.51. The normalized spacial score (nSPS) is 11.8. The molecule has 5 N–H and O–H groups in total. The van der Waals surface area contributed by atoms with Crippen molar-refractivity contribution >= 4 is 11.6 Å². The second-order valence-corrected chi connectivity index (χ2v) is 7.58. The molecule has 1 atom stereocenters. The van der Waals surface area contributed by atoms with Gasteiger partial charge in [-0.2, -0.15) is 5.10 Å². The number of carbonyl (C=O) groups excluding carboxylic acids is 1. The second kappa shape index (κ2) is 9.35. The van der Waals surface area contributed by atoms with Crippen LogP contribution in [0.25, 0.3) is 11.1 Å². The molecule has 0 saturated heterocycles. The first-order valence-electron chi connectivity index (χ1n) is 10.4. The topological polar surface area (TPSA) is 152 Å². The van der Waals surface area contributed by atoms with Crippen LogP contribution >= 0.6 is 0 Å². The van der Waals surface area contributed by atoms with Crippen molar-refractivity contribution in [3.63, 3.8) is 0 Å². The summed E-state index contributed by atoms with van der Waals surface area (Å²) < 4.78 is 1.87. The molecule has 0 aliphatic rings. The van der Waals surface area contributed by atoms with Crippen molar-refractivity contribution in [2.75, 3.05) is 5.73 Å². The van der Waals surface area contributed by atoms with Crippen molar-refractivity contribution in [2.45, 2.75) is 25.9 Å². The molecule has 1 aromatic carbocycles. The molecule has 0 radical (unpaired) electrons. The van der Waals surface area contributed by atoms with Gasteiger partial charge in [0.1, 0.15) is 11.4 Å². The van der Waals surface area contributed by atoms with E-state index in [0.717, 1.165) is 28.8 Å². The maximum absolute atomic E-state index is 12.6. The van der Waals surface area contributed by atoms with Gasteiger partial charge < -0.3 is 16.0 Å². The Bertz CT molecular complexity index is 1390. The number of nitrogens with two attached hydrogens (primary N) is 1. The van der Waals surface area contributed by atoms with Gasteiger partial charge in [-0.05, 0) is 36.2 Å². The number of amides is 1. The number of benzene rings is 1. The molecule has 1 amide bonds. The van der Waals surface area contributed by atoms with Gasteiger partial charge in [0.15, 0.2) is 0 Å². The minimum absolute atomic E-state index is 0.263. The SMILES string of the molecule is C[C@@H](NC(=O)c1[nH]c(=O)[nH]c(=O)c1N)c1cccc(-c2cnn(CCc3ccccn3)c2)c1. The van der Waals surface area contributed by atoms with Crippen LogP contribution in [0.15, 0.2) is 70.6 Å². The Morgan fingerprint density at radius 1 is 1.15 bits per heavy atom. The second-order valence-electron chi connectivity index (χ2n) is 7.58. The zero-order valence-corrected chi connectivity index (χ0v) is 17.9. The summed E-state index contributed by atoms with van der Waals surface area (Å²) in [7, 11) is 0. The Kier molecular flexibility index (Phi) is 6.16. The number of pyridine rings is 1. The summed E-state index contributed by atoms with van der Waals surface area (Å²) in [5.74, 6) is -0.643. The number of aromatic nitrogens is 5. The molecule has 3 heterocycles. The highest BCUT2D eigenvalue weighted by Crippen LogP contribution is 2.23. The van der Waals surface area contributed by atoms with Crippen LogP contribution in [0, 0.1) is 0 Å². The molecular formula is C23H23N7O3. The molecule has 4 rings (SSSR count). The fourth-order valence-corrected chi connectivity index (χ4v) is 3.42. The Morgan fingerprint density at radius 3 is 2.79 bits per heavy atom. The molecule has 168 valence electrons. The number of aryl methyl sites for hydroxylation is 2. The van der Waals surface area contributed by atoms with Gasteiger partial charge >= 0.3 is 5.69 Å². The Hall–Kier alpha value is -4.47. The molecule has 0 unspecified atom stereocenters. The average molecular weight is 445 g/mol. The van der Waals surface area contributed by atoms with Gasteiger partial charge in [-0.25, -0.2) is 4.79 Å². The van der Waals surface area contributed by atoms with Crippen molar-refractivity contribution in [3.05, 3.63) is 98.8 Å². The number of rotatable bonds is 7. The van der Waals surface area contributed by atoms with E-state index in [0.29, 0.717) is 6.54 Å². The Morgan fingerprint density at radius 2 is 2.00 bits per heavy atom. The smallest absolute Gasteiger partial charge is 0.326 e. The van der Waals surface area contributed by atoms with Gasteiger partial charge in [0, 0.05) is 36.6 Å². The molecule has 10 heteroatoms. The van der Waals surface area contributed by atoms with Gasteiger partial charge in [0.05, 0.1) is 12.2 Å². The highest BCUT2D eigenvalue weighted by molar-refractivity contribution is 5.97. The van der Waals surface area contributed by atoms with Crippen LogP contribution in [0.4, 0.5) is 5.69 Å². The molecule has 3 aromatic heterocycles. The summed E-state index contributed by atoms with van der Waals surface area (Å²) >= 11 is 0. The third-order valence-corrected chi connectivity index (χ3v) is 5.23. The largest absolute Gasteiger partial charge is 0.392 e. The number of hydrogen-bond acceptors (Lipinski definition) is 6. The molecule has 0 fully saturated rings. The van der Waals surface area contributed by atoms with Crippen LogP contribution in [0.3, 0.4) is 0 Å². The predicted molar refractivity (Wildman–Crippen MR) is 124 cm³/mol. The number of aromatic amines is 2. The van der Waals surface area contributed by atoms with E-state index in [4.69, 9.17) is 5.73 Å². The monoisotopic (exact) mass is 445 g/mol. The predicted octanol–water partition coefficient (Wildman–Crippen LogP) is 1.64. The van der Waals surface area contributed by atoms with E-state index in [2.05, 4.69) is 20.4 Å². The quantitative estimate of drug-likeness (QED) is 0.339. The van der Waals surface area contributed by atoms with Crippen molar-refractivity contribution in [2.24, 2.45) is 0 Å². The minimum atomic E-state index is -0.807. The molecule has 0 aliphatic heterocycles. The fraction of sp³-hybridized carbons (Fsp3) is 0.174. The lowest BCUT2D eigenvalue weighted by atomic mass is 10.0. The van der Waals surface area contributed by atoms with Gasteiger partial charge in [-0.15, -0.1) is 0 Å². The van der Waals surface area contributed by atoms with Crippen LogP contribution in [-0.2, 0) is 13.0 Å². The number of hydrogen-bond donors (Lipinski definition) is 4. The van der Waals surface area contributed by atoms with Crippen molar-refractivity contribution < 1.29 is 4.79 Å². The van der Waals surface area contributed by atoms with Crippen LogP contribution in [0.5, 0.6) is 0 Å². The number of anilines is 1. The number of H-pyrrole nitrogens is 2. The number of nitrogens with one attached hydrogen (secondary N) is 3. The Labute approximate surface area is 188 Å². The number of nitrogen functional groups attached to an aromatic ring is 1. The fourth-order valence-electron chi connectivity index (χ4n) is 3.42. The van der Waals surface area contributed by atoms with Gasteiger partial charge in [0.2, 0.25) is 0 Å². The van der Waals surface area contributed by atoms with E-state index >= 15 is 0 Å². The van der Waals surface area contributed by atoms with Crippen molar-refractivity contribution in [3.8, 4) is 11.1 Å². The standard InChI is InChI=1S/C23H23N7O3/c1-14(27-22(32)20-19(24)21(31)29-23(33)28-20)15-5-4-6-16(11-15)17-12-26-30(13-17)10-8-18-7-2-3-9-25-18/h2-7,9,11-14H,8,10,24H2,1H3,(H,27,32)(H2,28,29,31,33)/t14-/m1/s1. The van der Waals surface area contributed by atoms with E-state index < -0.39 is 23.2 Å². The summed E-state index contributed by atoms with van der Waals surface area (Å²) in [6.07, 6.45) is 6.31. The lowest BCUT2D eigenvalue weighted by Crippen LogP contribution is -2.34. The van der Waals surface area contributed by atoms with Gasteiger partial charge in [-0.1, -0.05) is 24.3 Å². The first-order chi connectivity index (χ1) is 15.9. The van der Waals surface area contributed by atoms with Crippen LogP contribution in [0.2, 0.25) is 0 Å². The highest BCUT2D eigenvalue weighted by Gasteiger charge is 2.17. The molecule has 0 spiro atoms. The molecule has 0 bridgehead atoms.